The molecule has 25 heavy (non-hydrogen) atoms. The number of aromatic nitrogens is 3. The maximum Gasteiger partial charge on any atom is 0.225 e. The van der Waals surface area contributed by atoms with Crippen molar-refractivity contribution >= 4 is 5.91 Å². The molecule has 138 valence electrons. The van der Waals surface area contributed by atoms with Gasteiger partial charge in [0.25, 0.3) is 0 Å². The fourth-order valence-electron chi connectivity index (χ4n) is 4.47. The van der Waals surface area contributed by atoms with Gasteiger partial charge in [0.1, 0.15) is 11.6 Å². The van der Waals surface area contributed by atoms with E-state index in [0.717, 1.165) is 70.1 Å². The number of hydrogen-bond acceptors (Lipinski definition) is 5. The van der Waals surface area contributed by atoms with Gasteiger partial charge in [-0.3, -0.25) is 9.69 Å². The number of carbonyl (C=O) groups is 1. The van der Waals surface area contributed by atoms with Crippen LogP contribution in [-0.2, 0) is 18.4 Å². The number of nitrogens with zero attached hydrogens (tertiary/aromatic N) is 5. The van der Waals surface area contributed by atoms with Gasteiger partial charge >= 0.3 is 0 Å². The Kier molecular flexibility index (Phi) is 4.78. The first kappa shape index (κ1) is 17.0. The molecule has 0 atom stereocenters. The predicted molar refractivity (Wildman–Crippen MR) is 94.8 cm³/mol. The Morgan fingerprint density at radius 3 is 2.44 bits per heavy atom. The maximum absolute atomic E-state index is 12.5. The van der Waals surface area contributed by atoms with Crippen LogP contribution >= 0.6 is 0 Å². The van der Waals surface area contributed by atoms with E-state index in [4.69, 9.17) is 5.73 Å². The van der Waals surface area contributed by atoms with Crippen molar-refractivity contribution in [2.45, 2.75) is 57.0 Å². The van der Waals surface area contributed by atoms with Crippen molar-refractivity contribution in [3.8, 4) is 0 Å². The Labute approximate surface area is 149 Å². The van der Waals surface area contributed by atoms with Crippen molar-refractivity contribution in [2.24, 2.45) is 18.7 Å². The highest BCUT2D eigenvalue weighted by atomic mass is 16.2. The van der Waals surface area contributed by atoms with E-state index in [2.05, 4.69) is 31.6 Å². The first-order chi connectivity index (χ1) is 12.1. The molecular weight excluding hydrogens is 316 g/mol. The molecule has 2 N–H and O–H groups in total. The van der Waals surface area contributed by atoms with Gasteiger partial charge in [-0.15, -0.1) is 10.2 Å². The van der Waals surface area contributed by atoms with Gasteiger partial charge in [0.15, 0.2) is 0 Å². The molecule has 3 fully saturated rings. The van der Waals surface area contributed by atoms with E-state index >= 15 is 0 Å². The van der Waals surface area contributed by atoms with Crippen molar-refractivity contribution in [1.29, 1.82) is 0 Å². The lowest BCUT2D eigenvalue weighted by molar-refractivity contribution is -0.136. The molecule has 4 rings (SSSR count). The molecule has 3 heterocycles. The largest absolute Gasteiger partial charge is 0.342 e. The predicted octanol–water partition coefficient (Wildman–Crippen LogP) is 0.854. The van der Waals surface area contributed by atoms with Crippen molar-refractivity contribution in [3.05, 3.63) is 11.6 Å². The van der Waals surface area contributed by atoms with E-state index in [1.54, 1.807) is 0 Å². The minimum absolute atomic E-state index is 0.223. The van der Waals surface area contributed by atoms with E-state index in [1.807, 2.05) is 0 Å². The Bertz CT molecular complexity index is 609. The highest BCUT2D eigenvalue weighted by Crippen LogP contribution is 2.34. The second kappa shape index (κ2) is 7.03. The summed E-state index contributed by atoms with van der Waals surface area (Å²) in [6.07, 6.45) is 6.33. The molecule has 0 unspecified atom stereocenters. The molecule has 3 aliphatic rings. The molecule has 0 spiro atoms. The fourth-order valence-corrected chi connectivity index (χ4v) is 4.47. The summed E-state index contributed by atoms with van der Waals surface area (Å²) < 4.78 is 2.15. The summed E-state index contributed by atoms with van der Waals surface area (Å²) in [6.45, 7) is 4.70. The third-order valence-electron chi connectivity index (χ3n) is 6.26. The summed E-state index contributed by atoms with van der Waals surface area (Å²) in [6, 6.07) is 0.331. The highest BCUT2D eigenvalue weighted by Gasteiger charge is 2.33. The fraction of sp³-hybridized carbons (Fsp3) is 0.833. The van der Waals surface area contributed by atoms with Crippen LogP contribution in [0, 0.1) is 5.92 Å². The summed E-state index contributed by atoms with van der Waals surface area (Å²) in [5.41, 5.74) is 5.90. The monoisotopic (exact) mass is 346 g/mol. The zero-order valence-corrected chi connectivity index (χ0v) is 15.2. The Morgan fingerprint density at radius 1 is 1.12 bits per heavy atom. The minimum Gasteiger partial charge on any atom is -0.342 e. The van der Waals surface area contributed by atoms with Crippen LogP contribution in [0.1, 0.15) is 56.1 Å². The molecule has 2 saturated heterocycles. The van der Waals surface area contributed by atoms with E-state index in [9.17, 15) is 4.79 Å². The molecule has 0 radical (unpaired) electrons. The lowest BCUT2D eigenvalue weighted by Gasteiger charge is -2.33. The summed E-state index contributed by atoms with van der Waals surface area (Å²) in [5.74, 6) is 3.20. The second-order valence-corrected chi connectivity index (χ2v) is 8.04. The van der Waals surface area contributed by atoms with Crippen LogP contribution in [0.3, 0.4) is 0 Å². The molecule has 1 aromatic heterocycles. The third kappa shape index (κ3) is 3.44. The Balaban J connectivity index is 1.29. The van der Waals surface area contributed by atoms with Crippen LogP contribution in [0.5, 0.6) is 0 Å². The van der Waals surface area contributed by atoms with Crippen LogP contribution in [-0.4, -0.2) is 62.7 Å². The summed E-state index contributed by atoms with van der Waals surface area (Å²) in [5, 5.41) is 8.81. The van der Waals surface area contributed by atoms with Gasteiger partial charge in [0.05, 0.1) is 6.54 Å². The van der Waals surface area contributed by atoms with Gasteiger partial charge in [-0.2, -0.15) is 0 Å². The number of hydrogen-bond donors (Lipinski definition) is 1. The van der Waals surface area contributed by atoms with E-state index in [0.29, 0.717) is 17.9 Å². The number of amides is 1. The summed E-state index contributed by atoms with van der Waals surface area (Å²) in [7, 11) is 2.07. The smallest absolute Gasteiger partial charge is 0.225 e. The number of likely N-dealkylation sites (tertiary alicyclic amines) is 2. The first-order valence-electron chi connectivity index (χ1n) is 9.76. The molecule has 1 aliphatic carbocycles. The number of piperidine rings is 1. The molecular formula is C18H30N6O. The molecule has 0 aromatic carbocycles. The first-order valence-corrected chi connectivity index (χ1v) is 9.76. The average molecular weight is 346 g/mol. The summed E-state index contributed by atoms with van der Waals surface area (Å²) >= 11 is 0. The topological polar surface area (TPSA) is 80.3 Å². The third-order valence-corrected chi connectivity index (χ3v) is 6.26. The van der Waals surface area contributed by atoms with E-state index in [1.165, 1.54) is 12.8 Å². The zero-order valence-electron chi connectivity index (χ0n) is 15.2. The summed E-state index contributed by atoms with van der Waals surface area (Å²) in [4.78, 5) is 17.0. The maximum atomic E-state index is 12.5. The number of nitrogens with two attached hydrogens (primary N) is 1. The lowest BCUT2D eigenvalue weighted by atomic mass is 9.80. The van der Waals surface area contributed by atoms with Gasteiger partial charge in [-0.05, 0) is 51.6 Å². The molecule has 7 nitrogen and oxygen atoms in total. The standard InChI is InChI=1S/C18H30N6O/c1-22-16(20-21-17(22)14-10-15(19)11-14)12-23-8-4-13(5-9-23)18(25)24-6-2-3-7-24/h13-15H,2-12,19H2,1H3. The molecule has 7 heteroatoms. The van der Waals surface area contributed by atoms with E-state index < -0.39 is 0 Å². The molecule has 1 aromatic rings. The van der Waals surface area contributed by atoms with Crippen molar-refractivity contribution in [2.75, 3.05) is 26.2 Å². The molecule has 1 saturated carbocycles. The van der Waals surface area contributed by atoms with Crippen LogP contribution in [0.25, 0.3) is 0 Å². The van der Waals surface area contributed by atoms with Gasteiger partial charge in [0, 0.05) is 38.0 Å². The lowest BCUT2D eigenvalue weighted by Crippen LogP contribution is -2.41. The van der Waals surface area contributed by atoms with Crippen LogP contribution in [0.2, 0.25) is 0 Å². The van der Waals surface area contributed by atoms with Crippen LogP contribution in [0.4, 0.5) is 0 Å². The second-order valence-electron chi connectivity index (χ2n) is 8.04. The zero-order chi connectivity index (χ0) is 17.4. The highest BCUT2D eigenvalue weighted by molar-refractivity contribution is 5.79. The van der Waals surface area contributed by atoms with Gasteiger partial charge < -0.3 is 15.2 Å². The average Bonchev–Trinajstić information content (AvgIpc) is 3.24. The van der Waals surface area contributed by atoms with Crippen LogP contribution in [0.15, 0.2) is 0 Å². The van der Waals surface area contributed by atoms with E-state index in [-0.39, 0.29) is 5.92 Å². The quantitative estimate of drug-likeness (QED) is 0.874. The number of carbonyl (C=O) groups excluding carboxylic acids is 1. The van der Waals surface area contributed by atoms with Crippen molar-refractivity contribution in [3.63, 3.8) is 0 Å². The van der Waals surface area contributed by atoms with Gasteiger partial charge in [0.2, 0.25) is 5.91 Å². The minimum atomic E-state index is 0.223. The van der Waals surface area contributed by atoms with Crippen molar-refractivity contribution in [1.82, 2.24) is 24.6 Å². The Hall–Kier alpha value is -1.47. The normalized spacial score (nSPS) is 28.3. The molecule has 0 bridgehead atoms. The molecule has 2 aliphatic heterocycles. The molecule has 1 amide bonds. The number of rotatable bonds is 4. The van der Waals surface area contributed by atoms with Gasteiger partial charge in [-0.1, -0.05) is 0 Å². The SMILES string of the molecule is Cn1c(CN2CCC(C(=O)N3CCCC3)CC2)nnc1C1CC(N)C1. The van der Waals surface area contributed by atoms with Crippen molar-refractivity contribution < 1.29 is 4.79 Å². The van der Waals surface area contributed by atoms with Gasteiger partial charge in [-0.25, -0.2) is 0 Å². The Morgan fingerprint density at radius 2 is 1.80 bits per heavy atom. The van der Waals surface area contributed by atoms with Crippen LogP contribution < -0.4 is 5.73 Å².